The number of amides is 1. The van der Waals surface area contributed by atoms with Crippen molar-refractivity contribution < 1.29 is 57.6 Å². The van der Waals surface area contributed by atoms with Gasteiger partial charge in [0.25, 0.3) is 5.91 Å². The van der Waals surface area contributed by atoms with Crippen molar-refractivity contribution in [3.8, 4) is 0 Å². The molecule has 0 saturated heterocycles. The fraction of sp³-hybridized carbons (Fsp3) is 0.0625. The molecule has 9 heteroatoms. The molecular formula is C16H12Cl2KN3O2S. The van der Waals surface area contributed by atoms with E-state index in [-0.39, 0.29) is 63.8 Å². The van der Waals surface area contributed by atoms with Gasteiger partial charge in [0.1, 0.15) is 0 Å². The molecule has 3 aromatic rings. The molecule has 0 atom stereocenters. The molecule has 2 aromatic carbocycles. The van der Waals surface area contributed by atoms with E-state index in [4.69, 9.17) is 23.2 Å². The number of hydrogen-bond acceptors (Lipinski definition) is 4. The summed E-state index contributed by atoms with van der Waals surface area (Å²) in [6.07, 6.45) is 0. The molecule has 124 valence electrons. The van der Waals surface area contributed by atoms with Crippen LogP contribution in [0.4, 0.5) is 5.13 Å². The maximum atomic E-state index is 12.2. The Morgan fingerprint density at radius 1 is 1.16 bits per heavy atom. The molecule has 1 N–H and O–H groups in total. The maximum absolute atomic E-state index is 12.2. The van der Waals surface area contributed by atoms with Crippen molar-refractivity contribution in [1.82, 2.24) is 8.94 Å². The Balaban J connectivity index is 0.00000169. The zero-order valence-corrected chi connectivity index (χ0v) is 18.7. The van der Waals surface area contributed by atoms with Crippen LogP contribution in [0.25, 0.3) is 0 Å². The minimum atomic E-state index is -0.420. The molecule has 5 nitrogen and oxygen atoms in total. The standard InChI is InChI=1S/C16H11Cl2N3O2S.K.H/c17-12-6-4-10(5-7-12)9-21-16(23)20-15(24-21)19-14(22)11-2-1-3-13(18)8-11;;/h1-8H,9H2,(H,19,20,22,23);;/q;+1;-1. The first-order valence-electron chi connectivity index (χ1n) is 6.91. The minimum absolute atomic E-state index is 0. The summed E-state index contributed by atoms with van der Waals surface area (Å²) in [4.78, 5) is 27.9. The molecule has 0 saturated carbocycles. The largest absolute Gasteiger partial charge is 1.00 e. The topological polar surface area (TPSA) is 64.0 Å². The molecule has 0 spiro atoms. The van der Waals surface area contributed by atoms with Crippen molar-refractivity contribution in [2.24, 2.45) is 0 Å². The molecule has 0 aliphatic carbocycles. The number of benzene rings is 2. The zero-order valence-electron chi connectivity index (χ0n) is 14.2. The van der Waals surface area contributed by atoms with Crippen LogP contribution >= 0.6 is 34.7 Å². The van der Waals surface area contributed by atoms with Crippen LogP contribution in [-0.4, -0.2) is 14.8 Å². The smallest absolute Gasteiger partial charge is 1.00 e. The Morgan fingerprint density at radius 3 is 2.56 bits per heavy atom. The minimum Gasteiger partial charge on any atom is -1.00 e. The van der Waals surface area contributed by atoms with Crippen molar-refractivity contribution in [2.75, 3.05) is 5.32 Å². The summed E-state index contributed by atoms with van der Waals surface area (Å²) in [5, 5.41) is 3.94. The third-order valence-corrected chi connectivity index (χ3v) is 4.51. The summed E-state index contributed by atoms with van der Waals surface area (Å²) < 4.78 is 1.46. The number of aromatic nitrogens is 2. The number of nitrogens with zero attached hydrogens (tertiary/aromatic N) is 2. The Kier molecular flexibility index (Phi) is 7.84. The van der Waals surface area contributed by atoms with Crippen molar-refractivity contribution in [3.63, 3.8) is 0 Å². The van der Waals surface area contributed by atoms with Crippen LogP contribution in [0.15, 0.2) is 53.3 Å². The third-order valence-electron chi connectivity index (χ3n) is 3.15. The molecule has 0 aliphatic rings. The Morgan fingerprint density at radius 2 is 1.88 bits per heavy atom. The summed E-state index contributed by atoms with van der Waals surface area (Å²) >= 11 is 12.8. The van der Waals surface area contributed by atoms with E-state index in [2.05, 4.69) is 10.3 Å². The van der Waals surface area contributed by atoms with E-state index in [0.717, 1.165) is 17.1 Å². The van der Waals surface area contributed by atoms with Crippen LogP contribution in [0.3, 0.4) is 0 Å². The second-order valence-electron chi connectivity index (χ2n) is 4.92. The van der Waals surface area contributed by atoms with Gasteiger partial charge in [-0.1, -0.05) is 41.4 Å². The SMILES string of the molecule is O=C(Nc1nc(=O)n(Cc2ccc(Cl)cc2)s1)c1cccc(Cl)c1.[H-].[K+]. The fourth-order valence-electron chi connectivity index (χ4n) is 2.01. The molecule has 0 radical (unpaired) electrons. The van der Waals surface area contributed by atoms with Crippen LogP contribution in [0, 0.1) is 0 Å². The number of rotatable bonds is 4. The van der Waals surface area contributed by atoms with Crippen molar-refractivity contribution in [2.45, 2.75) is 6.54 Å². The summed E-state index contributed by atoms with van der Waals surface area (Å²) in [5.41, 5.74) is 0.892. The fourth-order valence-corrected chi connectivity index (χ4v) is 3.13. The Hall–Kier alpha value is -0.514. The summed E-state index contributed by atoms with van der Waals surface area (Å²) in [7, 11) is 0. The Labute approximate surface area is 202 Å². The molecule has 0 fully saturated rings. The molecule has 0 unspecified atom stereocenters. The van der Waals surface area contributed by atoms with E-state index < -0.39 is 5.69 Å². The van der Waals surface area contributed by atoms with Gasteiger partial charge < -0.3 is 1.43 Å². The summed E-state index contributed by atoms with van der Waals surface area (Å²) in [6, 6.07) is 13.7. The van der Waals surface area contributed by atoms with Gasteiger partial charge in [-0.2, -0.15) is 4.98 Å². The zero-order chi connectivity index (χ0) is 17.1. The predicted octanol–water partition coefficient (Wildman–Crippen LogP) is 1.03. The van der Waals surface area contributed by atoms with Gasteiger partial charge in [-0.3, -0.25) is 10.1 Å². The molecule has 0 aliphatic heterocycles. The van der Waals surface area contributed by atoms with Crippen molar-refractivity contribution in [3.05, 3.63) is 80.2 Å². The van der Waals surface area contributed by atoms with E-state index in [1.54, 1.807) is 36.4 Å². The van der Waals surface area contributed by atoms with Crippen molar-refractivity contribution in [1.29, 1.82) is 0 Å². The van der Waals surface area contributed by atoms with Crippen LogP contribution in [0.1, 0.15) is 17.3 Å². The van der Waals surface area contributed by atoms with Crippen LogP contribution < -0.4 is 62.4 Å². The first-order chi connectivity index (χ1) is 11.5. The summed E-state index contributed by atoms with van der Waals surface area (Å²) in [6.45, 7) is 0.362. The summed E-state index contributed by atoms with van der Waals surface area (Å²) in [5.74, 6) is -0.370. The maximum Gasteiger partial charge on any atom is 1.00 e. The van der Waals surface area contributed by atoms with E-state index in [1.165, 1.54) is 3.96 Å². The van der Waals surface area contributed by atoms with E-state index >= 15 is 0 Å². The van der Waals surface area contributed by atoms with Crippen molar-refractivity contribution >= 4 is 45.8 Å². The van der Waals surface area contributed by atoms with E-state index in [1.807, 2.05) is 12.1 Å². The third kappa shape index (κ3) is 5.73. The van der Waals surface area contributed by atoms with Gasteiger partial charge in [-0.25, -0.2) is 8.75 Å². The average molecular weight is 420 g/mol. The Bertz CT molecular complexity index is 947. The van der Waals surface area contributed by atoms with Gasteiger partial charge in [-0.15, -0.1) is 0 Å². The van der Waals surface area contributed by atoms with Gasteiger partial charge >= 0.3 is 57.1 Å². The molecule has 25 heavy (non-hydrogen) atoms. The molecule has 1 aromatic heterocycles. The van der Waals surface area contributed by atoms with Crippen LogP contribution in [-0.2, 0) is 6.54 Å². The molecule has 1 heterocycles. The number of hydrogen-bond donors (Lipinski definition) is 1. The molecule has 3 rings (SSSR count). The quantitative estimate of drug-likeness (QED) is 0.642. The second-order valence-corrected chi connectivity index (χ2v) is 6.80. The van der Waals surface area contributed by atoms with Crippen LogP contribution in [0.2, 0.25) is 10.0 Å². The normalized spacial score (nSPS) is 10.2. The number of carbonyl (C=O) groups is 1. The number of halogens is 2. The van der Waals surface area contributed by atoms with Gasteiger partial charge in [0.05, 0.1) is 6.54 Å². The average Bonchev–Trinajstić information content (AvgIpc) is 2.89. The van der Waals surface area contributed by atoms with Gasteiger partial charge in [0, 0.05) is 15.6 Å². The van der Waals surface area contributed by atoms with E-state index in [9.17, 15) is 9.59 Å². The number of nitrogens with one attached hydrogen (secondary N) is 1. The predicted molar refractivity (Wildman–Crippen MR) is 97.4 cm³/mol. The van der Waals surface area contributed by atoms with Crippen LogP contribution in [0.5, 0.6) is 0 Å². The second kappa shape index (κ2) is 9.43. The molecule has 1 amide bonds. The monoisotopic (exact) mass is 419 g/mol. The molecular weight excluding hydrogens is 408 g/mol. The van der Waals surface area contributed by atoms with Gasteiger partial charge in [-0.05, 0) is 47.4 Å². The first kappa shape index (κ1) is 20.8. The first-order valence-corrected chi connectivity index (χ1v) is 8.44. The molecule has 0 bridgehead atoms. The number of carbonyl (C=O) groups excluding carboxylic acids is 1. The van der Waals surface area contributed by atoms with Gasteiger partial charge in [0.2, 0.25) is 5.13 Å². The number of anilines is 1. The van der Waals surface area contributed by atoms with Gasteiger partial charge in [0.15, 0.2) is 0 Å². The van der Waals surface area contributed by atoms with E-state index in [0.29, 0.717) is 22.2 Å².